The summed E-state index contributed by atoms with van der Waals surface area (Å²) in [4.78, 5) is 27.3. The molecule has 1 aromatic heterocycles. The van der Waals surface area contributed by atoms with Gasteiger partial charge >= 0.3 is 0 Å². The molecule has 0 spiro atoms. The lowest BCUT2D eigenvalue weighted by molar-refractivity contribution is -0.130. The van der Waals surface area contributed by atoms with Gasteiger partial charge in [-0.15, -0.1) is 0 Å². The lowest BCUT2D eigenvalue weighted by Crippen LogP contribution is -2.33. The van der Waals surface area contributed by atoms with Crippen molar-refractivity contribution in [3.63, 3.8) is 0 Å². The molecule has 1 heterocycles. The molecule has 0 saturated carbocycles. The predicted molar refractivity (Wildman–Crippen MR) is 41.3 cm³/mol. The molecule has 0 fully saturated rings. The van der Waals surface area contributed by atoms with Gasteiger partial charge in [0.05, 0.1) is 12.4 Å². The van der Waals surface area contributed by atoms with E-state index in [1.165, 1.54) is 6.33 Å². The van der Waals surface area contributed by atoms with E-state index in [-0.39, 0.29) is 6.29 Å². The zero-order valence-electron chi connectivity index (χ0n) is 6.36. The quantitative estimate of drug-likeness (QED) is 0.447. The molecular weight excluding hydrogens is 158 g/mol. The third-order valence-electron chi connectivity index (χ3n) is 1.48. The number of nitrogens with one attached hydrogen (secondary N) is 1. The smallest absolute Gasteiger partial charge is 0.212 e. The number of aromatic nitrogens is 2. The maximum atomic E-state index is 10.7. The van der Waals surface area contributed by atoms with E-state index in [4.69, 9.17) is 5.73 Å². The van der Waals surface area contributed by atoms with E-state index in [2.05, 4.69) is 9.97 Å². The first kappa shape index (κ1) is 8.61. The molecule has 1 atom stereocenters. The number of carbonyl (C=O) groups excluding carboxylic acids is 2. The fourth-order valence-electron chi connectivity index (χ4n) is 0.821. The van der Waals surface area contributed by atoms with Crippen LogP contribution >= 0.6 is 0 Å². The molecule has 0 radical (unpaired) electrons. The Morgan fingerprint density at radius 1 is 1.83 bits per heavy atom. The number of nitrogens with two attached hydrogens (primary N) is 1. The van der Waals surface area contributed by atoms with Crippen LogP contribution in [-0.4, -0.2) is 28.1 Å². The SMILES string of the molecule is N[C@@H](Cc1cnc[nH]1)C(=O)C=O. The number of H-pyrrole nitrogens is 1. The van der Waals surface area contributed by atoms with Crippen molar-refractivity contribution in [3.05, 3.63) is 18.2 Å². The van der Waals surface area contributed by atoms with Gasteiger partial charge in [0.1, 0.15) is 0 Å². The van der Waals surface area contributed by atoms with Gasteiger partial charge in [0.2, 0.25) is 5.78 Å². The van der Waals surface area contributed by atoms with Crippen molar-refractivity contribution in [1.29, 1.82) is 0 Å². The molecule has 0 bridgehead atoms. The predicted octanol–water partition coefficient (Wildman–Crippen LogP) is -0.953. The number of Topliss-reactive ketones (excluding diaryl/α,β-unsaturated/α-hetero) is 1. The molecule has 0 aliphatic heterocycles. The molecule has 0 unspecified atom stereocenters. The number of carbonyl (C=O) groups is 2. The summed E-state index contributed by atoms with van der Waals surface area (Å²) >= 11 is 0. The summed E-state index contributed by atoms with van der Waals surface area (Å²) in [6.07, 6.45) is 3.62. The minimum atomic E-state index is -0.761. The van der Waals surface area contributed by atoms with E-state index in [9.17, 15) is 9.59 Å². The van der Waals surface area contributed by atoms with E-state index in [0.717, 1.165) is 5.69 Å². The Morgan fingerprint density at radius 2 is 2.58 bits per heavy atom. The van der Waals surface area contributed by atoms with Gasteiger partial charge in [-0.25, -0.2) is 4.98 Å². The van der Waals surface area contributed by atoms with Gasteiger partial charge in [-0.05, 0) is 0 Å². The molecule has 5 heteroatoms. The number of nitrogens with zero attached hydrogens (tertiary/aromatic N) is 1. The van der Waals surface area contributed by atoms with Gasteiger partial charge in [0.15, 0.2) is 6.29 Å². The highest BCUT2D eigenvalue weighted by molar-refractivity contribution is 6.27. The Kier molecular flexibility index (Phi) is 2.71. The van der Waals surface area contributed by atoms with Crippen LogP contribution in [0.3, 0.4) is 0 Å². The summed E-state index contributed by atoms with van der Waals surface area (Å²) in [5.74, 6) is -0.593. The number of rotatable bonds is 4. The van der Waals surface area contributed by atoms with Crippen LogP contribution in [0.25, 0.3) is 0 Å². The Morgan fingerprint density at radius 3 is 3.08 bits per heavy atom. The highest BCUT2D eigenvalue weighted by Gasteiger charge is 2.12. The monoisotopic (exact) mass is 167 g/mol. The van der Waals surface area contributed by atoms with Gasteiger partial charge in [-0.1, -0.05) is 0 Å². The van der Waals surface area contributed by atoms with Crippen LogP contribution in [0.4, 0.5) is 0 Å². The molecular formula is C7H9N3O2. The largest absolute Gasteiger partial charge is 0.348 e. The lowest BCUT2D eigenvalue weighted by Gasteiger charge is -2.02. The molecule has 5 nitrogen and oxygen atoms in total. The third-order valence-corrected chi connectivity index (χ3v) is 1.48. The fourth-order valence-corrected chi connectivity index (χ4v) is 0.821. The summed E-state index contributed by atoms with van der Waals surface area (Å²) in [6.45, 7) is 0. The number of hydrogen-bond acceptors (Lipinski definition) is 4. The molecule has 0 aliphatic rings. The first-order valence-corrected chi connectivity index (χ1v) is 3.46. The van der Waals surface area contributed by atoms with Crippen LogP contribution in [0.2, 0.25) is 0 Å². The second kappa shape index (κ2) is 3.77. The summed E-state index contributed by atoms with van der Waals surface area (Å²) in [7, 11) is 0. The Hall–Kier alpha value is -1.49. The fraction of sp³-hybridized carbons (Fsp3) is 0.286. The number of aromatic amines is 1. The minimum Gasteiger partial charge on any atom is -0.348 e. The Labute approximate surface area is 69.0 Å². The highest BCUT2D eigenvalue weighted by atomic mass is 16.2. The van der Waals surface area contributed by atoms with Crippen molar-refractivity contribution in [1.82, 2.24) is 9.97 Å². The van der Waals surface area contributed by atoms with Crippen LogP contribution in [0, 0.1) is 0 Å². The van der Waals surface area contributed by atoms with Crippen molar-refractivity contribution in [2.75, 3.05) is 0 Å². The van der Waals surface area contributed by atoms with E-state index in [0.29, 0.717) is 6.42 Å². The normalized spacial score (nSPS) is 12.4. The van der Waals surface area contributed by atoms with Crippen LogP contribution in [0.1, 0.15) is 5.69 Å². The Bertz CT molecular complexity index is 268. The molecule has 1 rings (SSSR count). The van der Waals surface area contributed by atoms with Gasteiger partial charge in [-0.2, -0.15) is 0 Å². The lowest BCUT2D eigenvalue weighted by atomic mass is 10.1. The zero-order chi connectivity index (χ0) is 8.97. The first-order chi connectivity index (χ1) is 5.74. The van der Waals surface area contributed by atoms with Crippen LogP contribution < -0.4 is 5.73 Å². The van der Waals surface area contributed by atoms with Gasteiger partial charge < -0.3 is 10.7 Å². The molecule has 0 aromatic carbocycles. The summed E-state index contributed by atoms with van der Waals surface area (Å²) in [5, 5.41) is 0. The van der Waals surface area contributed by atoms with Gasteiger partial charge in [-0.3, -0.25) is 9.59 Å². The molecule has 0 aliphatic carbocycles. The average Bonchev–Trinajstić information content (AvgIpc) is 2.55. The zero-order valence-corrected chi connectivity index (χ0v) is 6.36. The molecule has 1 aromatic rings. The van der Waals surface area contributed by atoms with Crippen LogP contribution in [-0.2, 0) is 16.0 Å². The third kappa shape index (κ3) is 2.00. The highest BCUT2D eigenvalue weighted by Crippen LogP contribution is 1.95. The van der Waals surface area contributed by atoms with Crippen LogP contribution in [0.15, 0.2) is 12.5 Å². The summed E-state index contributed by atoms with van der Waals surface area (Å²) < 4.78 is 0. The van der Waals surface area contributed by atoms with Crippen molar-refractivity contribution in [3.8, 4) is 0 Å². The van der Waals surface area contributed by atoms with Crippen molar-refractivity contribution in [2.45, 2.75) is 12.5 Å². The summed E-state index contributed by atoms with van der Waals surface area (Å²) in [5.41, 5.74) is 6.14. The molecule has 0 saturated heterocycles. The van der Waals surface area contributed by atoms with E-state index >= 15 is 0 Å². The van der Waals surface area contributed by atoms with Gasteiger partial charge in [0.25, 0.3) is 0 Å². The van der Waals surface area contributed by atoms with Gasteiger partial charge in [0, 0.05) is 18.3 Å². The first-order valence-electron chi connectivity index (χ1n) is 3.46. The standard InChI is InChI=1S/C7H9N3O2/c8-6(7(12)3-11)1-5-2-9-4-10-5/h2-4,6H,1,8H2,(H,9,10)/t6-/m0/s1. The number of hydrogen-bond donors (Lipinski definition) is 2. The molecule has 12 heavy (non-hydrogen) atoms. The molecule has 64 valence electrons. The number of aldehydes is 1. The second-order valence-electron chi connectivity index (χ2n) is 2.41. The summed E-state index contributed by atoms with van der Waals surface area (Å²) in [6, 6.07) is -0.761. The average molecular weight is 167 g/mol. The topological polar surface area (TPSA) is 88.8 Å². The molecule has 3 N–H and O–H groups in total. The van der Waals surface area contributed by atoms with Crippen molar-refractivity contribution in [2.24, 2.45) is 5.73 Å². The van der Waals surface area contributed by atoms with E-state index in [1.54, 1.807) is 6.20 Å². The second-order valence-corrected chi connectivity index (χ2v) is 2.41. The van der Waals surface area contributed by atoms with Crippen molar-refractivity contribution < 1.29 is 9.59 Å². The molecule has 0 amide bonds. The maximum Gasteiger partial charge on any atom is 0.212 e. The number of ketones is 1. The number of imidazole rings is 1. The van der Waals surface area contributed by atoms with E-state index < -0.39 is 11.8 Å². The Balaban J connectivity index is 2.52. The minimum absolute atomic E-state index is 0.237. The van der Waals surface area contributed by atoms with E-state index in [1.807, 2.05) is 0 Å². The van der Waals surface area contributed by atoms with Crippen molar-refractivity contribution >= 4 is 12.1 Å². The van der Waals surface area contributed by atoms with Crippen LogP contribution in [0.5, 0.6) is 0 Å². The maximum absolute atomic E-state index is 10.7.